The predicted molar refractivity (Wildman–Crippen MR) is 70.8 cm³/mol. The Balaban J connectivity index is 2.52. The normalized spacial score (nSPS) is 14.1. The van der Waals surface area contributed by atoms with Crippen LogP contribution in [0.1, 0.15) is 27.2 Å². The minimum Gasteiger partial charge on any atom is -0.494 e. The number of hydrogen-bond acceptors (Lipinski definition) is 3. The molecule has 1 rings (SSSR count). The van der Waals surface area contributed by atoms with Gasteiger partial charge in [-0.25, -0.2) is 0 Å². The molecule has 0 saturated carbocycles. The highest BCUT2D eigenvalue weighted by atomic mass is 16.5. The van der Waals surface area contributed by atoms with E-state index in [0.29, 0.717) is 12.6 Å². The summed E-state index contributed by atoms with van der Waals surface area (Å²) in [4.78, 5) is 0. The van der Waals surface area contributed by atoms with E-state index in [2.05, 4.69) is 19.2 Å². The van der Waals surface area contributed by atoms with Gasteiger partial charge in [-0.05, 0) is 46.4 Å². The minimum absolute atomic E-state index is 0.189. The summed E-state index contributed by atoms with van der Waals surface area (Å²) in [6.07, 6.45) is 1.17. The summed E-state index contributed by atoms with van der Waals surface area (Å²) in [5.41, 5.74) is 0. The van der Waals surface area contributed by atoms with Crippen LogP contribution in [-0.4, -0.2) is 25.8 Å². The van der Waals surface area contributed by atoms with Crippen molar-refractivity contribution in [2.75, 3.05) is 13.7 Å². The second-order valence-corrected chi connectivity index (χ2v) is 4.26. The van der Waals surface area contributed by atoms with Gasteiger partial charge in [0.05, 0.1) is 12.7 Å². The zero-order valence-corrected chi connectivity index (χ0v) is 11.2. The third-order valence-corrected chi connectivity index (χ3v) is 2.63. The summed E-state index contributed by atoms with van der Waals surface area (Å²) in [6.45, 7) is 6.89. The Bertz CT molecular complexity index is 328. The van der Waals surface area contributed by atoms with Gasteiger partial charge in [0, 0.05) is 12.1 Å². The molecule has 0 spiro atoms. The third kappa shape index (κ3) is 5.09. The molecule has 0 aliphatic rings. The maximum Gasteiger partial charge on any atom is 0.123 e. The molecule has 0 fully saturated rings. The molecule has 3 nitrogen and oxygen atoms in total. The summed E-state index contributed by atoms with van der Waals surface area (Å²) in [5.74, 6) is 1.73. The topological polar surface area (TPSA) is 30.5 Å². The molecule has 2 atom stereocenters. The van der Waals surface area contributed by atoms with Crippen molar-refractivity contribution in [2.45, 2.75) is 39.3 Å². The lowest BCUT2D eigenvalue weighted by Crippen LogP contribution is -2.28. The highest BCUT2D eigenvalue weighted by Gasteiger charge is 2.08. The Morgan fingerprint density at radius 2 is 1.94 bits per heavy atom. The van der Waals surface area contributed by atoms with Crippen molar-refractivity contribution in [3.05, 3.63) is 24.3 Å². The van der Waals surface area contributed by atoms with Crippen LogP contribution in [0.2, 0.25) is 0 Å². The van der Waals surface area contributed by atoms with Gasteiger partial charge in [0.15, 0.2) is 0 Å². The van der Waals surface area contributed by atoms with Gasteiger partial charge in [0.2, 0.25) is 0 Å². The lowest BCUT2D eigenvalue weighted by atomic mass is 10.1. The van der Waals surface area contributed by atoms with E-state index < -0.39 is 0 Å². The van der Waals surface area contributed by atoms with Crippen molar-refractivity contribution in [3.8, 4) is 11.5 Å². The monoisotopic (exact) mass is 237 g/mol. The van der Waals surface area contributed by atoms with Crippen LogP contribution in [0.4, 0.5) is 0 Å². The smallest absolute Gasteiger partial charge is 0.123 e. The molecule has 0 saturated heterocycles. The zero-order chi connectivity index (χ0) is 12.7. The van der Waals surface area contributed by atoms with Gasteiger partial charge in [0.1, 0.15) is 11.5 Å². The van der Waals surface area contributed by atoms with Gasteiger partial charge in [-0.3, -0.25) is 0 Å². The third-order valence-electron chi connectivity index (χ3n) is 2.63. The molecule has 0 aliphatic heterocycles. The molecule has 1 N–H and O–H groups in total. The van der Waals surface area contributed by atoms with Crippen LogP contribution in [0.3, 0.4) is 0 Å². The second-order valence-electron chi connectivity index (χ2n) is 4.26. The SMILES string of the molecule is CCOc1cccc(OC(C)CC(C)NC)c1. The first-order valence-corrected chi connectivity index (χ1v) is 6.22. The van der Waals surface area contributed by atoms with Gasteiger partial charge >= 0.3 is 0 Å². The van der Waals surface area contributed by atoms with Crippen molar-refractivity contribution in [1.82, 2.24) is 5.32 Å². The Morgan fingerprint density at radius 1 is 1.24 bits per heavy atom. The summed E-state index contributed by atoms with van der Waals surface area (Å²) >= 11 is 0. The van der Waals surface area contributed by atoms with Crippen LogP contribution in [-0.2, 0) is 0 Å². The van der Waals surface area contributed by atoms with Gasteiger partial charge in [-0.2, -0.15) is 0 Å². The highest BCUT2D eigenvalue weighted by Crippen LogP contribution is 2.21. The van der Waals surface area contributed by atoms with E-state index in [-0.39, 0.29) is 6.10 Å². The molecule has 0 aromatic heterocycles. The van der Waals surface area contributed by atoms with E-state index in [4.69, 9.17) is 9.47 Å². The van der Waals surface area contributed by atoms with Crippen molar-refractivity contribution in [2.24, 2.45) is 0 Å². The maximum atomic E-state index is 5.85. The molecule has 17 heavy (non-hydrogen) atoms. The van der Waals surface area contributed by atoms with E-state index in [1.165, 1.54) is 0 Å². The fourth-order valence-corrected chi connectivity index (χ4v) is 1.70. The predicted octanol–water partition coefficient (Wildman–Crippen LogP) is 2.85. The molecule has 1 aromatic rings. The fraction of sp³-hybridized carbons (Fsp3) is 0.571. The van der Waals surface area contributed by atoms with Crippen LogP contribution < -0.4 is 14.8 Å². The molecule has 0 amide bonds. The lowest BCUT2D eigenvalue weighted by Gasteiger charge is -2.19. The molecule has 0 heterocycles. The largest absolute Gasteiger partial charge is 0.494 e. The van der Waals surface area contributed by atoms with E-state index in [9.17, 15) is 0 Å². The molecule has 0 bridgehead atoms. The van der Waals surface area contributed by atoms with Crippen LogP contribution in [0, 0.1) is 0 Å². The van der Waals surface area contributed by atoms with Crippen molar-refractivity contribution < 1.29 is 9.47 Å². The lowest BCUT2D eigenvalue weighted by molar-refractivity contribution is 0.197. The van der Waals surface area contributed by atoms with Gasteiger partial charge in [0.25, 0.3) is 0 Å². The number of benzene rings is 1. The molecule has 1 aromatic carbocycles. The quantitative estimate of drug-likeness (QED) is 0.791. The average Bonchev–Trinajstić information content (AvgIpc) is 2.29. The first-order valence-electron chi connectivity index (χ1n) is 6.22. The summed E-state index contributed by atoms with van der Waals surface area (Å²) in [6, 6.07) is 8.25. The maximum absolute atomic E-state index is 5.85. The van der Waals surface area contributed by atoms with Crippen LogP contribution in [0.5, 0.6) is 11.5 Å². The Kier molecular flexibility index (Phi) is 5.84. The molecule has 3 heteroatoms. The van der Waals surface area contributed by atoms with Crippen molar-refractivity contribution in [1.29, 1.82) is 0 Å². The minimum atomic E-state index is 0.189. The summed E-state index contributed by atoms with van der Waals surface area (Å²) < 4.78 is 11.3. The molecular weight excluding hydrogens is 214 g/mol. The number of hydrogen-bond donors (Lipinski definition) is 1. The average molecular weight is 237 g/mol. The molecular formula is C14H23NO2. The van der Waals surface area contributed by atoms with E-state index >= 15 is 0 Å². The van der Waals surface area contributed by atoms with E-state index in [1.807, 2.05) is 38.2 Å². The molecule has 0 aliphatic carbocycles. The van der Waals surface area contributed by atoms with Crippen LogP contribution in [0.15, 0.2) is 24.3 Å². The van der Waals surface area contributed by atoms with Gasteiger partial charge in [-0.1, -0.05) is 6.07 Å². The Labute approximate surface area is 104 Å². The second kappa shape index (κ2) is 7.17. The number of rotatable bonds is 7. The highest BCUT2D eigenvalue weighted by molar-refractivity contribution is 5.33. The molecule has 0 radical (unpaired) electrons. The first-order chi connectivity index (χ1) is 8.15. The summed E-state index contributed by atoms with van der Waals surface area (Å²) in [7, 11) is 1.97. The molecule has 96 valence electrons. The standard InChI is InChI=1S/C14H23NO2/c1-5-16-13-7-6-8-14(10-13)17-12(3)9-11(2)15-4/h6-8,10-12,15H,5,9H2,1-4H3. The van der Waals surface area contributed by atoms with Crippen molar-refractivity contribution >= 4 is 0 Å². The Hall–Kier alpha value is -1.22. The molecule has 2 unspecified atom stereocenters. The summed E-state index contributed by atoms with van der Waals surface area (Å²) in [5, 5.41) is 3.21. The zero-order valence-electron chi connectivity index (χ0n) is 11.2. The van der Waals surface area contributed by atoms with Gasteiger partial charge < -0.3 is 14.8 Å². The first kappa shape index (κ1) is 13.8. The Morgan fingerprint density at radius 3 is 2.59 bits per heavy atom. The fourth-order valence-electron chi connectivity index (χ4n) is 1.70. The van der Waals surface area contributed by atoms with Crippen molar-refractivity contribution in [3.63, 3.8) is 0 Å². The van der Waals surface area contributed by atoms with Gasteiger partial charge in [-0.15, -0.1) is 0 Å². The van der Waals surface area contributed by atoms with Crippen LogP contribution in [0.25, 0.3) is 0 Å². The number of ether oxygens (including phenoxy) is 2. The van der Waals surface area contributed by atoms with Crippen LogP contribution >= 0.6 is 0 Å². The van der Waals surface area contributed by atoms with E-state index in [0.717, 1.165) is 17.9 Å². The number of nitrogens with one attached hydrogen (secondary N) is 1. The van der Waals surface area contributed by atoms with E-state index in [1.54, 1.807) is 0 Å².